The van der Waals surface area contributed by atoms with Crippen LogP contribution in [0.5, 0.6) is 0 Å². The van der Waals surface area contributed by atoms with Gasteiger partial charge in [-0.1, -0.05) is 43.3 Å². The van der Waals surface area contributed by atoms with Gasteiger partial charge in [0.05, 0.1) is 35.7 Å². The Kier molecular flexibility index (Phi) is 13.0. The van der Waals surface area contributed by atoms with Gasteiger partial charge in [-0.15, -0.1) is 0 Å². The quantitative estimate of drug-likeness (QED) is 0.453. The van der Waals surface area contributed by atoms with Gasteiger partial charge in [0.2, 0.25) is 0 Å². The van der Waals surface area contributed by atoms with Crippen LogP contribution in [0.15, 0.2) is 12.8 Å². The fourth-order valence-electron chi connectivity index (χ4n) is 0.394. The zero-order valence-corrected chi connectivity index (χ0v) is 12.7. The second kappa shape index (κ2) is 10.9. The Hall–Kier alpha value is 0.420. The van der Waals surface area contributed by atoms with E-state index >= 15 is 0 Å². The van der Waals surface area contributed by atoms with E-state index in [0.29, 0.717) is 0 Å². The van der Waals surface area contributed by atoms with Crippen molar-refractivity contribution < 1.29 is 13.7 Å². The third-order valence-corrected chi connectivity index (χ3v) is 3.84. The van der Waals surface area contributed by atoms with Gasteiger partial charge in [-0.25, -0.2) is 0 Å². The highest BCUT2D eigenvalue weighted by Crippen LogP contribution is 2.28. The van der Waals surface area contributed by atoms with Crippen molar-refractivity contribution in [1.29, 1.82) is 0 Å². The number of halogens is 2. The summed E-state index contributed by atoms with van der Waals surface area (Å²) in [5.74, 6) is 0. The minimum Gasteiger partial charge on any atom is -0.502 e. The summed E-state index contributed by atoms with van der Waals surface area (Å²) in [5.41, 5.74) is -0.247. The molecule has 0 amide bonds. The molecule has 0 spiro atoms. The molecule has 0 fully saturated rings. The molecular formula is C10H20Br2O3. The van der Waals surface area contributed by atoms with Crippen LogP contribution in [-0.2, 0) is 8.57 Å². The molecule has 3 nitrogen and oxygen atoms in total. The van der Waals surface area contributed by atoms with Crippen molar-refractivity contribution in [3.8, 4) is 0 Å². The minimum absolute atomic E-state index is 0.0918. The molecule has 0 bridgehead atoms. The van der Waals surface area contributed by atoms with Crippen LogP contribution in [-0.4, -0.2) is 23.3 Å². The Morgan fingerprint density at radius 3 is 2.20 bits per heavy atom. The molecule has 0 rings (SSSR count). The zero-order valence-electron chi connectivity index (χ0n) is 9.50. The molecule has 1 unspecified atom stereocenters. The van der Waals surface area contributed by atoms with Crippen LogP contribution in [0.25, 0.3) is 0 Å². The molecular weight excluding hydrogens is 328 g/mol. The Labute approximate surface area is 109 Å². The van der Waals surface area contributed by atoms with Crippen molar-refractivity contribution in [2.45, 2.75) is 32.2 Å². The van der Waals surface area contributed by atoms with Gasteiger partial charge in [-0.05, 0) is 6.42 Å². The van der Waals surface area contributed by atoms with Gasteiger partial charge in [-0.2, -0.15) is 0 Å². The fourth-order valence-corrected chi connectivity index (χ4v) is 1.04. The summed E-state index contributed by atoms with van der Waals surface area (Å²) in [4.78, 5) is 0. The molecule has 0 radical (unpaired) electrons. The normalized spacial score (nSPS) is 12.4. The van der Waals surface area contributed by atoms with Crippen molar-refractivity contribution in [3.05, 3.63) is 12.8 Å². The summed E-state index contributed by atoms with van der Waals surface area (Å²) < 4.78 is 9.52. The van der Waals surface area contributed by atoms with Gasteiger partial charge in [0.1, 0.15) is 5.01 Å². The minimum atomic E-state index is -0.247. The highest BCUT2D eigenvalue weighted by molar-refractivity contribution is 9.10. The topological polar surface area (TPSA) is 38.7 Å². The van der Waals surface area contributed by atoms with Gasteiger partial charge in [-0.3, -0.25) is 3.83 Å². The number of hydrogen-bond acceptors (Lipinski definition) is 3. The number of alkyl halides is 1. The highest BCUT2D eigenvalue weighted by atomic mass is 79.9. The molecule has 0 saturated carbocycles. The van der Waals surface area contributed by atoms with E-state index in [0.717, 1.165) is 13.0 Å². The summed E-state index contributed by atoms with van der Waals surface area (Å²) in [5, 5.41) is 8.61. The van der Waals surface area contributed by atoms with Gasteiger partial charge in [0.15, 0.2) is 0 Å². The lowest BCUT2D eigenvalue weighted by Gasteiger charge is -2.24. The Bertz CT molecular complexity index is 152. The maximum Gasteiger partial charge on any atom is 0.134 e. The molecule has 5 heteroatoms. The Balaban J connectivity index is 0. The molecule has 0 aliphatic carbocycles. The number of rotatable bonds is 6. The van der Waals surface area contributed by atoms with Gasteiger partial charge < -0.3 is 9.84 Å². The van der Waals surface area contributed by atoms with Crippen molar-refractivity contribution >= 4 is 32.2 Å². The molecule has 0 aromatic carbocycles. The monoisotopic (exact) mass is 346 g/mol. The van der Waals surface area contributed by atoms with E-state index in [1.165, 1.54) is 6.26 Å². The molecule has 0 aromatic heterocycles. The summed E-state index contributed by atoms with van der Waals surface area (Å²) >= 11 is 6.06. The van der Waals surface area contributed by atoms with Gasteiger partial charge in [0, 0.05) is 5.41 Å². The maximum absolute atomic E-state index is 8.76. The number of aliphatic hydroxyl groups is 1. The predicted molar refractivity (Wildman–Crippen MR) is 70.0 cm³/mol. The second-order valence-electron chi connectivity index (χ2n) is 3.59. The van der Waals surface area contributed by atoms with E-state index in [-0.39, 0.29) is 17.0 Å². The molecule has 0 aliphatic heterocycles. The molecule has 0 heterocycles. The first-order chi connectivity index (χ1) is 6.96. The summed E-state index contributed by atoms with van der Waals surface area (Å²) in [6.07, 6.45) is 2.52. The van der Waals surface area contributed by atoms with E-state index in [1.54, 1.807) is 0 Å². The first-order valence-electron chi connectivity index (χ1n) is 4.71. The molecule has 0 aromatic rings. The predicted octanol–water partition coefficient (Wildman–Crippen LogP) is 3.61. The van der Waals surface area contributed by atoms with E-state index in [4.69, 9.17) is 13.7 Å². The van der Waals surface area contributed by atoms with Gasteiger partial charge in [0.25, 0.3) is 0 Å². The average Bonchev–Trinajstić information content (AvgIpc) is 2.25. The van der Waals surface area contributed by atoms with E-state index < -0.39 is 0 Å². The fraction of sp³-hybridized carbons (Fsp3) is 0.800. The van der Waals surface area contributed by atoms with Crippen LogP contribution < -0.4 is 0 Å². The average molecular weight is 348 g/mol. The maximum atomic E-state index is 8.76. The van der Waals surface area contributed by atoms with E-state index in [1.807, 2.05) is 13.8 Å². The lowest BCUT2D eigenvalue weighted by Crippen LogP contribution is -2.28. The summed E-state index contributed by atoms with van der Waals surface area (Å²) in [6, 6.07) is 0. The van der Waals surface area contributed by atoms with Crippen molar-refractivity contribution in [3.63, 3.8) is 0 Å². The molecule has 1 atom stereocenters. The van der Waals surface area contributed by atoms with Gasteiger partial charge >= 0.3 is 0 Å². The third kappa shape index (κ3) is 10.7. The van der Waals surface area contributed by atoms with Crippen LogP contribution in [0.1, 0.15) is 27.2 Å². The van der Waals surface area contributed by atoms with E-state index in [2.05, 4.69) is 45.7 Å². The molecule has 92 valence electrons. The SMILES string of the molecule is C=COCCC.CC(C)(CO)C(Br)OBr. The van der Waals surface area contributed by atoms with Crippen LogP contribution in [0, 0.1) is 5.41 Å². The first-order valence-corrected chi connectivity index (χ1v) is 6.27. The smallest absolute Gasteiger partial charge is 0.134 e. The number of ether oxygens (including phenoxy) is 1. The van der Waals surface area contributed by atoms with Crippen molar-refractivity contribution in [2.75, 3.05) is 13.2 Å². The molecule has 0 aliphatic rings. The van der Waals surface area contributed by atoms with Crippen LogP contribution in [0.3, 0.4) is 0 Å². The van der Waals surface area contributed by atoms with Crippen molar-refractivity contribution in [1.82, 2.24) is 0 Å². The van der Waals surface area contributed by atoms with Crippen LogP contribution >= 0.6 is 32.2 Å². The summed E-state index contributed by atoms with van der Waals surface area (Å²) in [6.45, 7) is 10.1. The lowest BCUT2D eigenvalue weighted by molar-refractivity contribution is 0.0973. The molecule has 15 heavy (non-hydrogen) atoms. The second-order valence-corrected chi connectivity index (χ2v) is 4.79. The lowest BCUT2D eigenvalue weighted by atomic mass is 9.97. The Morgan fingerprint density at radius 2 is 2.07 bits per heavy atom. The number of hydrogen-bond donors (Lipinski definition) is 1. The van der Waals surface area contributed by atoms with Crippen LogP contribution in [0.4, 0.5) is 0 Å². The largest absolute Gasteiger partial charge is 0.502 e. The van der Waals surface area contributed by atoms with Crippen molar-refractivity contribution in [2.24, 2.45) is 5.41 Å². The molecule has 1 N–H and O–H groups in total. The highest BCUT2D eigenvalue weighted by Gasteiger charge is 2.26. The third-order valence-electron chi connectivity index (χ3n) is 1.54. The zero-order chi connectivity index (χ0) is 12.3. The number of aliphatic hydroxyl groups excluding tert-OH is 1. The molecule has 0 saturated heterocycles. The Morgan fingerprint density at radius 1 is 1.53 bits per heavy atom. The summed E-state index contributed by atoms with van der Waals surface area (Å²) in [7, 11) is 0. The van der Waals surface area contributed by atoms with E-state index in [9.17, 15) is 0 Å². The standard InChI is InChI=1S/C5H10Br2O2.C5H10O/c1-5(2,3-8)4(6)9-7;1-3-5-6-4-2/h4,8H,3H2,1-2H3;4H,2-3,5H2,1H3. The van der Waals surface area contributed by atoms with Crippen LogP contribution in [0.2, 0.25) is 0 Å². The first kappa shape index (κ1) is 17.8.